The van der Waals surface area contributed by atoms with Crippen molar-refractivity contribution < 1.29 is 8.42 Å². The molecule has 0 amide bonds. The highest BCUT2D eigenvalue weighted by Gasteiger charge is 2.19. The molecule has 0 radical (unpaired) electrons. The molecule has 0 bridgehead atoms. The van der Waals surface area contributed by atoms with Gasteiger partial charge in [0.05, 0.1) is 6.26 Å². The van der Waals surface area contributed by atoms with E-state index < -0.39 is 10.0 Å². The van der Waals surface area contributed by atoms with E-state index >= 15 is 0 Å². The summed E-state index contributed by atoms with van der Waals surface area (Å²) >= 11 is 0. The second-order valence-electron chi connectivity index (χ2n) is 6.47. The second-order valence-corrected chi connectivity index (χ2v) is 8.45. The standard InChI is InChI=1S/C16H34N4O2S.HI/c1-5-17-16(19-15-10-8-14(3)9-11-15)18-12-7-13-20(6-2)23(4,21)22;/h14-15H,5-13H2,1-4H3,(H2,17,18,19);1H. The van der Waals surface area contributed by atoms with Gasteiger partial charge in [0.15, 0.2) is 5.96 Å². The molecular formula is C16H35IN4O2S. The maximum Gasteiger partial charge on any atom is 0.211 e. The van der Waals surface area contributed by atoms with Crippen LogP contribution in [0.3, 0.4) is 0 Å². The molecule has 0 saturated heterocycles. The van der Waals surface area contributed by atoms with E-state index in [1.807, 2.05) is 6.92 Å². The average Bonchev–Trinajstić information content (AvgIpc) is 2.48. The molecule has 0 aromatic rings. The average molecular weight is 474 g/mol. The summed E-state index contributed by atoms with van der Waals surface area (Å²) in [6.45, 7) is 8.74. The lowest BCUT2D eigenvalue weighted by Crippen LogP contribution is -2.44. The number of guanidine groups is 1. The molecule has 1 aliphatic rings. The third kappa shape index (κ3) is 9.41. The van der Waals surface area contributed by atoms with E-state index in [9.17, 15) is 8.42 Å². The maximum atomic E-state index is 11.5. The molecule has 1 fully saturated rings. The largest absolute Gasteiger partial charge is 0.357 e. The Labute approximate surface area is 165 Å². The Morgan fingerprint density at radius 2 is 1.83 bits per heavy atom. The van der Waals surface area contributed by atoms with Gasteiger partial charge in [-0.25, -0.2) is 12.7 Å². The molecule has 1 saturated carbocycles. The first-order valence-corrected chi connectivity index (χ1v) is 10.7. The minimum Gasteiger partial charge on any atom is -0.357 e. The topological polar surface area (TPSA) is 73.8 Å². The molecule has 0 heterocycles. The van der Waals surface area contributed by atoms with Crippen LogP contribution in [-0.4, -0.2) is 57.2 Å². The minimum atomic E-state index is -3.10. The molecule has 0 atom stereocenters. The number of sulfonamides is 1. The Kier molecular flexibility index (Phi) is 12.2. The third-order valence-electron chi connectivity index (χ3n) is 4.36. The first-order valence-electron chi connectivity index (χ1n) is 8.86. The van der Waals surface area contributed by atoms with Crippen LogP contribution < -0.4 is 10.6 Å². The Balaban J connectivity index is 0.00000529. The van der Waals surface area contributed by atoms with Crippen molar-refractivity contribution in [2.75, 3.05) is 32.4 Å². The predicted octanol–water partition coefficient (Wildman–Crippen LogP) is 2.41. The van der Waals surface area contributed by atoms with Crippen molar-refractivity contribution >= 4 is 40.0 Å². The van der Waals surface area contributed by atoms with Crippen molar-refractivity contribution in [3.05, 3.63) is 0 Å². The van der Waals surface area contributed by atoms with Crippen LogP contribution in [0.4, 0.5) is 0 Å². The summed E-state index contributed by atoms with van der Waals surface area (Å²) in [4.78, 5) is 4.59. The molecule has 8 heteroatoms. The monoisotopic (exact) mass is 474 g/mol. The number of nitrogens with zero attached hydrogens (tertiary/aromatic N) is 2. The third-order valence-corrected chi connectivity index (χ3v) is 5.74. The molecule has 2 N–H and O–H groups in total. The number of hydrogen-bond donors (Lipinski definition) is 2. The Morgan fingerprint density at radius 3 is 2.33 bits per heavy atom. The van der Waals surface area contributed by atoms with E-state index in [0.717, 1.165) is 24.8 Å². The van der Waals surface area contributed by atoms with Crippen LogP contribution in [0.1, 0.15) is 52.9 Å². The lowest BCUT2D eigenvalue weighted by atomic mass is 9.87. The molecular weight excluding hydrogens is 439 g/mol. The Hall–Kier alpha value is -0.0900. The fourth-order valence-electron chi connectivity index (χ4n) is 2.91. The Bertz CT molecular complexity index is 463. The zero-order valence-electron chi connectivity index (χ0n) is 15.5. The van der Waals surface area contributed by atoms with Crippen LogP contribution in [-0.2, 0) is 10.0 Å². The van der Waals surface area contributed by atoms with Crippen molar-refractivity contribution in [1.82, 2.24) is 14.9 Å². The van der Waals surface area contributed by atoms with Crippen LogP contribution in [0.25, 0.3) is 0 Å². The van der Waals surface area contributed by atoms with Gasteiger partial charge in [-0.05, 0) is 44.9 Å². The van der Waals surface area contributed by atoms with Crippen molar-refractivity contribution in [1.29, 1.82) is 0 Å². The van der Waals surface area contributed by atoms with Gasteiger partial charge in [0.2, 0.25) is 10.0 Å². The summed E-state index contributed by atoms with van der Waals surface area (Å²) in [5.41, 5.74) is 0. The van der Waals surface area contributed by atoms with Gasteiger partial charge in [0.1, 0.15) is 0 Å². The van der Waals surface area contributed by atoms with Crippen molar-refractivity contribution in [3.63, 3.8) is 0 Å². The number of aliphatic imine (C=N–C) groups is 1. The van der Waals surface area contributed by atoms with Gasteiger partial charge in [-0.1, -0.05) is 13.8 Å². The van der Waals surface area contributed by atoms with Gasteiger partial charge >= 0.3 is 0 Å². The van der Waals surface area contributed by atoms with Gasteiger partial charge < -0.3 is 10.6 Å². The van der Waals surface area contributed by atoms with Gasteiger partial charge in [0, 0.05) is 32.2 Å². The molecule has 0 aromatic heterocycles. The van der Waals surface area contributed by atoms with Crippen LogP contribution in [0.15, 0.2) is 4.99 Å². The second kappa shape index (κ2) is 12.3. The van der Waals surface area contributed by atoms with Gasteiger partial charge in [0.25, 0.3) is 0 Å². The summed E-state index contributed by atoms with van der Waals surface area (Å²) in [5, 5.41) is 6.80. The van der Waals surface area contributed by atoms with Crippen LogP contribution in [0.5, 0.6) is 0 Å². The number of nitrogens with one attached hydrogen (secondary N) is 2. The van der Waals surface area contributed by atoms with Gasteiger partial charge in [-0.3, -0.25) is 4.99 Å². The summed E-state index contributed by atoms with van der Waals surface area (Å²) in [5.74, 6) is 1.69. The van der Waals surface area contributed by atoms with Crippen LogP contribution in [0.2, 0.25) is 0 Å². The van der Waals surface area contributed by atoms with Crippen molar-refractivity contribution in [2.45, 2.75) is 58.9 Å². The van der Waals surface area contributed by atoms with Gasteiger partial charge in [-0.2, -0.15) is 0 Å². The van der Waals surface area contributed by atoms with E-state index in [1.54, 1.807) is 0 Å². The maximum absolute atomic E-state index is 11.5. The van der Waals surface area contributed by atoms with E-state index in [1.165, 1.54) is 36.2 Å². The summed E-state index contributed by atoms with van der Waals surface area (Å²) in [6.07, 6.45) is 6.94. The summed E-state index contributed by atoms with van der Waals surface area (Å²) in [7, 11) is -3.10. The highest BCUT2D eigenvalue weighted by Crippen LogP contribution is 2.23. The van der Waals surface area contributed by atoms with Crippen LogP contribution >= 0.6 is 24.0 Å². The number of rotatable bonds is 8. The molecule has 24 heavy (non-hydrogen) atoms. The Morgan fingerprint density at radius 1 is 1.21 bits per heavy atom. The lowest BCUT2D eigenvalue weighted by Gasteiger charge is -2.28. The smallest absolute Gasteiger partial charge is 0.211 e. The van der Waals surface area contributed by atoms with E-state index in [-0.39, 0.29) is 24.0 Å². The molecule has 144 valence electrons. The fourth-order valence-corrected chi connectivity index (χ4v) is 3.84. The molecule has 0 unspecified atom stereocenters. The van der Waals surface area contributed by atoms with Crippen LogP contribution in [0, 0.1) is 5.92 Å². The lowest BCUT2D eigenvalue weighted by molar-refractivity contribution is 0.329. The highest BCUT2D eigenvalue weighted by atomic mass is 127. The van der Waals surface area contributed by atoms with E-state index in [4.69, 9.17) is 0 Å². The first-order chi connectivity index (χ1) is 10.9. The molecule has 0 aliphatic heterocycles. The van der Waals surface area contributed by atoms with Crippen molar-refractivity contribution in [2.24, 2.45) is 10.9 Å². The molecule has 0 aromatic carbocycles. The quantitative estimate of drug-likeness (QED) is 0.245. The van der Waals surface area contributed by atoms with Gasteiger partial charge in [-0.15, -0.1) is 24.0 Å². The zero-order chi connectivity index (χ0) is 17.3. The molecule has 1 aliphatic carbocycles. The van der Waals surface area contributed by atoms with E-state index in [0.29, 0.717) is 25.7 Å². The molecule has 0 spiro atoms. The summed E-state index contributed by atoms with van der Waals surface area (Å²) < 4.78 is 24.6. The zero-order valence-corrected chi connectivity index (χ0v) is 18.7. The highest BCUT2D eigenvalue weighted by molar-refractivity contribution is 14.0. The van der Waals surface area contributed by atoms with E-state index in [2.05, 4.69) is 29.5 Å². The normalized spacial score (nSPS) is 22.1. The van der Waals surface area contributed by atoms with Crippen molar-refractivity contribution in [3.8, 4) is 0 Å². The SMILES string of the molecule is CCNC(=NCCCN(CC)S(C)(=O)=O)NC1CCC(C)CC1.I. The first kappa shape index (κ1) is 23.9. The summed E-state index contributed by atoms with van der Waals surface area (Å²) in [6, 6.07) is 0.507. The molecule has 1 rings (SSSR count). The predicted molar refractivity (Wildman–Crippen MR) is 113 cm³/mol. The fraction of sp³-hybridized carbons (Fsp3) is 0.938. The minimum absolute atomic E-state index is 0. The molecule has 6 nitrogen and oxygen atoms in total. The number of halogens is 1. The number of hydrogen-bond acceptors (Lipinski definition) is 3.